The van der Waals surface area contributed by atoms with E-state index in [2.05, 4.69) is 10.3 Å². The maximum atomic E-state index is 10.8. The summed E-state index contributed by atoms with van der Waals surface area (Å²) in [6, 6.07) is 7.65. The Bertz CT molecular complexity index is 479. The molecule has 3 heteroatoms. The highest BCUT2D eigenvalue weighted by molar-refractivity contribution is 5.92. The van der Waals surface area contributed by atoms with E-state index < -0.39 is 0 Å². The topological polar surface area (TPSA) is 42.0 Å². The second-order valence-corrected chi connectivity index (χ2v) is 3.12. The lowest BCUT2D eigenvalue weighted by Crippen LogP contribution is -2.05. The zero-order valence-corrected chi connectivity index (χ0v) is 7.82. The Balaban J connectivity index is 2.46. The van der Waals surface area contributed by atoms with Gasteiger partial charge in [0.25, 0.3) is 0 Å². The SMILES string of the molecule is CC(=O)Nc1ccc2cnccc2c1. The number of nitrogens with one attached hydrogen (secondary N) is 1. The molecule has 1 aromatic heterocycles. The number of rotatable bonds is 1. The van der Waals surface area contributed by atoms with Crippen LogP contribution in [0.2, 0.25) is 0 Å². The van der Waals surface area contributed by atoms with E-state index in [0.29, 0.717) is 0 Å². The van der Waals surface area contributed by atoms with Gasteiger partial charge >= 0.3 is 0 Å². The van der Waals surface area contributed by atoms with Crippen LogP contribution in [0.3, 0.4) is 0 Å². The third kappa shape index (κ3) is 1.71. The predicted molar refractivity (Wildman–Crippen MR) is 56.0 cm³/mol. The molecule has 2 rings (SSSR count). The van der Waals surface area contributed by atoms with Crippen LogP contribution in [0.5, 0.6) is 0 Å². The third-order valence-corrected chi connectivity index (χ3v) is 1.96. The molecule has 0 fully saturated rings. The Labute approximate surface area is 81.8 Å². The average molecular weight is 186 g/mol. The quantitative estimate of drug-likeness (QED) is 0.741. The number of aromatic nitrogens is 1. The van der Waals surface area contributed by atoms with Crippen molar-refractivity contribution < 1.29 is 4.79 Å². The van der Waals surface area contributed by atoms with Crippen LogP contribution in [0, 0.1) is 0 Å². The molecule has 0 aliphatic heterocycles. The van der Waals surface area contributed by atoms with Gasteiger partial charge in [-0.2, -0.15) is 0 Å². The first kappa shape index (κ1) is 8.69. The van der Waals surface area contributed by atoms with Crippen LogP contribution in [0.4, 0.5) is 5.69 Å². The van der Waals surface area contributed by atoms with Gasteiger partial charge in [-0.05, 0) is 23.6 Å². The number of pyridine rings is 1. The van der Waals surface area contributed by atoms with E-state index in [-0.39, 0.29) is 5.91 Å². The molecule has 0 aliphatic rings. The number of hydrogen-bond acceptors (Lipinski definition) is 2. The maximum absolute atomic E-state index is 10.8. The van der Waals surface area contributed by atoms with Crippen LogP contribution < -0.4 is 5.32 Å². The van der Waals surface area contributed by atoms with Crippen molar-refractivity contribution in [1.82, 2.24) is 4.98 Å². The number of anilines is 1. The average Bonchev–Trinajstić information content (AvgIpc) is 2.17. The minimum atomic E-state index is -0.0570. The molecule has 0 aliphatic carbocycles. The fourth-order valence-electron chi connectivity index (χ4n) is 1.36. The van der Waals surface area contributed by atoms with Gasteiger partial charge in [0.05, 0.1) is 0 Å². The van der Waals surface area contributed by atoms with Gasteiger partial charge in [-0.3, -0.25) is 9.78 Å². The highest BCUT2D eigenvalue weighted by Crippen LogP contribution is 2.17. The molecule has 1 aromatic carbocycles. The summed E-state index contributed by atoms with van der Waals surface area (Å²) in [6.45, 7) is 1.50. The first-order valence-electron chi connectivity index (χ1n) is 4.37. The Morgan fingerprint density at radius 2 is 2.14 bits per heavy atom. The molecule has 0 saturated carbocycles. The second-order valence-electron chi connectivity index (χ2n) is 3.12. The van der Waals surface area contributed by atoms with Crippen molar-refractivity contribution in [2.45, 2.75) is 6.92 Å². The first-order valence-corrected chi connectivity index (χ1v) is 4.37. The maximum Gasteiger partial charge on any atom is 0.221 e. The number of nitrogens with zero attached hydrogens (tertiary/aromatic N) is 1. The van der Waals surface area contributed by atoms with Gasteiger partial charge in [0.15, 0.2) is 0 Å². The second kappa shape index (κ2) is 3.46. The number of benzene rings is 1. The summed E-state index contributed by atoms with van der Waals surface area (Å²) < 4.78 is 0. The monoisotopic (exact) mass is 186 g/mol. The molecule has 0 radical (unpaired) electrons. The fourth-order valence-corrected chi connectivity index (χ4v) is 1.36. The summed E-state index contributed by atoms with van der Waals surface area (Å²) in [4.78, 5) is 14.8. The Morgan fingerprint density at radius 3 is 2.93 bits per heavy atom. The lowest BCUT2D eigenvalue weighted by molar-refractivity contribution is -0.114. The van der Waals surface area contributed by atoms with Crippen LogP contribution in [-0.2, 0) is 4.79 Å². The summed E-state index contributed by atoms with van der Waals surface area (Å²) in [5.41, 5.74) is 0.816. The minimum Gasteiger partial charge on any atom is -0.326 e. The van der Waals surface area contributed by atoms with E-state index in [1.54, 1.807) is 12.4 Å². The standard InChI is InChI=1S/C11H10N2O/c1-8(14)13-11-3-2-10-7-12-5-4-9(10)6-11/h2-7H,1H3,(H,13,14). The van der Waals surface area contributed by atoms with Gasteiger partial charge in [0, 0.05) is 30.4 Å². The molecule has 1 N–H and O–H groups in total. The number of amides is 1. The van der Waals surface area contributed by atoms with Crippen molar-refractivity contribution in [3.05, 3.63) is 36.7 Å². The van der Waals surface area contributed by atoms with Crippen LogP contribution >= 0.6 is 0 Å². The summed E-state index contributed by atoms with van der Waals surface area (Å²) in [6.07, 6.45) is 3.53. The molecular weight excluding hydrogens is 176 g/mol. The van der Waals surface area contributed by atoms with E-state index in [1.807, 2.05) is 24.3 Å². The normalized spacial score (nSPS) is 10.1. The van der Waals surface area contributed by atoms with E-state index in [1.165, 1.54) is 6.92 Å². The van der Waals surface area contributed by atoms with Gasteiger partial charge in [-0.15, -0.1) is 0 Å². The minimum absolute atomic E-state index is 0.0570. The molecule has 0 unspecified atom stereocenters. The Hall–Kier alpha value is -1.90. The van der Waals surface area contributed by atoms with Crippen molar-refractivity contribution in [3.8, 4) is 0 Å². The molecule has 14 heavy (non-hydrogen) atoms. The molecule has 1 heterocycles. The summed E-state index contributed by atoms with van der Waals surface area (Å²) >= 11 is 0. The fraction of sp³-hybridized carbons (Fsp3) is 0.0909. The van der Waals surface area contributed by atoms with Gasteiger partial charge in [-0.1, -0.05) is 6.07 Å². The largest absolute Gasteiger partial charge is 0.326 e. The van der Waals surface area contributed by atoms with Gasteiger partial charge in [0.1, 0.15) is 0 Å². The smallest absolute Gasteiger partial charge is 0.221 e. The molecule has 0 bridgehead atoms. The highest BCUT2D eigenvalue weighted by Gasteiger charge is 1.97. The van der Waals surface area contributed by atoms with Crippen molar-refractivity contribution in [3.63, 3.8) is 0 Å². The number of carbonyl (C=O) groups excluding carboxylic acids is 1. The Kier molecular flexibility index (Phi) is 2.14. The van der Waals surface area contributed by atoms with E-state index in [9.17, 15) is 4.79 Å². The van der Waals surface area contributed by atoms with E-state index >= 15 is 0 Å². The van der Waals surface area contributed by atoms with Crippen LogP contribution in [0.1, 0.15) is 6.92 Å². The molecule has 0 atom stereocenters. The molecule has 3 nitrogen and oxygen atoms in total. The van der Waals surface area contributed by atoms with Crippen LogP contribution in [-0.4, -0.2) is 10.9 Å². The van der Waals surface area contributed by atoms with Crippen molar-refractivity contribution >= 4 is 22.4 Å². The summed E-state index contributed by atoms with van der Waals surface area (Å²) in [5, 5.41) is 4.88. The number of hydrogen-bond donors (Lipinski definition) is 1. The van der Waals surface area contributed by atoms with Crippen LogP contribution in [0.25, 0.3) is 10.8 Å². The summed E-state index contributed by atoms with van der Waals surface area (Å²) in [5.74, 6) is -0.0570. The van der Waals surface area contributed by atoms with Crippen molar-refractivity contribution in [2.75, 3.05) is 5.32 Å². The molecule has 2 aromatic rings. The van der Waals surface area contributed by atoms with Gasteiger partial charge in [-0.25, -0.2) is 0 Å². The van der Waals surface area contributed by atoms with Gasteiger partial charge < -0.3 is 5.32 Å². The van der Waals surface area contributed by atoms with Crippen molar-refractivity contribution in [2.24, 2.45) is 0 Å². The van der Waals surface area contributed by atoms with E-state index in [4.69, 9.17) is 0 Å². The molecule has 70 valence electrons. The van der Waals surface area contributed by atoms with Crippen molar-refractivity contribution in [1.29, 1.82) is 0 Å². The van der Waals surface area contributed by atoms with Gasteiger partial charge in [0.2, 0.25) is 5.91 Å². The molecule has 1 amide bonds. The Morgan fingerprint density at radius 1 is 1.29 bits per heavy atom. The summed E-state index contributed by atoms with van der Waals surface area (Å²) in [7, 11) is 0. The molecule has 0 saturated heterocycles. The third-order valence-electron chi connectivity index (χ3n) is 1.96. The number of fused-ring (bicyclic) bond motifs is 1. The zero-order chi connectivity index (χ0) is 9.97. The number of carbonyl (C=O) groups is 1. The lowest BCUT2D eigenvalue weighted by Gasteiger charge is -2.03. The highest BCUT2D eigenvalue weighted by atomic mass is 16.1. The lowest BCUT2D eigenvalue weighted by atomic mass is 10.1. The first-order chi connectivity index (χ1) is 6.75. The molecule has 0 spiro atoms. The van der Waals surface area contributed by atoms with Crippen LogP contribution in [0.15, 0.2) is 36.7 Å². The molecular formula is C11H10N2O. The predicted octanol–water partition coefficient (Wildman–Crippen LogP) is 2.19. The van der Waals surface area contributed by atoms with E-state index in [0.717, 1.165) is 16.5 Å². The zero-order valence-electron chi connectivity index (χ0n) is 7.82.